The maximum Gasteiger partial charge on any atom is 0.257 e. The smallest absolute Gasteiger partial charge is 0.257 e. The number of carbonyl (C=O) groups excluding carboxylic acids is 3. The van der Waals surface area contributed by atoms with E-state index in [1.165, 1.54) is 5.69 Å². The molecule has 0 radical (unpaired) electrons. The number of pyridine rings is 1. The van der Waals surface area contributed by atoms with Gasteiger partial charge in [-0.3, -0.25) is 19.4 Å². The Morgan fingerprint density at radius 3 is 2.42 bits per heavy atom. The van der Waals surface area contributed by atoms with Crippen molar-refractivity contribution >= 4 is 45.9 Å². The normalized spacial score (nSPS) is 15.6. The first kappa shape index (κ1) is 27.9. The average molecular weight is 573 g/mol. The molecule has 0 atom stereocenters. The van der Waals surface area contributed by atoms with E-state index in [2.05, 4.69) is 49.9 Å². The molecular weight excluding hydrogens is 540 g/mol. The first-order chi connectivity index (χ1) is 20.9. The molecule has 0 bridgehead atoms. The summed E-state index contributed by atoms with van der Waals surface area (Å²) < 4.78 is 0. The van der Waals surface area contributed by atoms with Crippen LogP contribution in [0.15, 0.2) is 91.3 Å². The van der Waals surface area contributed by atoms with Gasteiger partial charge in [0.2, 0.25) is 0 Å². The van der Waals surface area contributed by atoms with Gasteiger partial charge in [0.05, 0.1) is 11.1 Å². The van der Waals surface area contributed by atoms with E-state index in [0.717, 1.165) is 37.4 Å². The molecule has 216 valence electrons. The highest BCUT2D eigenvalue weighted by atomic mass is 16.2. The highest BCUT2D eigenvalue weighted by molar-refractivity contribution is 6.32. The molecule has 2 aliphatic heterocycles. The van der Waals surface area contributed by atoms with Gasteiger partial charge in [-0.25, -0.2) is 0 Å². The minimum absolute atomic E-state index is 0.221. The zero-order valence-electron chi connectivity index (χ0n) is 24.1. The molecule has 0 spiro atoms. The SMILES string of the molecule is Cc1ncccc1C(=O)Nc1cccc(C(=O)c2ccc3c(c2)NC(=O)/C3=C/Nc2ccc(N3CCN(C)CC3)cc2)c1. The van der Waals surface area contributed by atoms with Gasteiger partial charge in [0, 0.05) is 83.7 Å². The Kier molecular flexibility index (Phi) is 7.72. The summed E-state index contributed by atoms with van der Waals surface area (Å²) in [5.41, 5.74) is 6.29. The number of hydrogen-bond acceptors (Lipinski definition) is 7. The van der Waals surface area contributed by atoms with Gasteiger partial charge < -0.3 is 25.8 Å². The van der Waals surface area contributed by atoms with Crippen molar-refractivity contribution in [2.24, 2.45) is 0 Å². The number of rotatable bonds is 7. The number of aryl methyl sites for hydroxylation is 1. The van der Waals surface area contributed by atoms with Crippen LogP contribution in [-0.2, 0) is 4.79 Å². The first-order valence-corrected chi connectivity index (χ1v) is 14.2. The second-order valence-corrected chi connectivity index (χ2v) is 10.8. The molecule has 0 aliphatic carbocycles. The third-order valence-electron chi connectivity index (χ3n) is 7.82. The van der Waals surface area contributed by atoms with E-state index < -0.39 is 0 Å². The summed E-state index contributed by atoms with van der Waals surface area (Å²) in [6, 6.07) is 23.6. The lowest BCUT2D eigenvalue weighted by Crippen LogP contribution is -2.44. The molecule has 1 fully saturated rings. The summed E-state index contributed by atoms with van der Waals surface area (Å²) in [6.45, 7) is 5.87. The van der Waals surface area contributed by atoms with Gasteiger partial charge in [0.1, 0.15) is 0 Å². The predicted octanol–water partition coefficient (Wildman–Crippen LogP) is 5.03. The lowest BCUT2D eigenvalue weighted by atomic mass is 9.99. The van der Waals surface area contributed by atoms with Crippen LogP contribution in [0, 0.1) is 6.92 Å². The van der Waals surface area contributed by atoms with E-state index >= 15 is 0 Å². The monoisotopic (exact) mass is 572 g/mol. The molecule has 1 saturated heterocycles. The lowest BCUT2D eigenvalue weighted by Gasteiger charge is -2.34. The molecule has 1 aromatic heterocycles. The van der Waals surface area contributed by atoms with Crippen LogP contribution in [0.3, 0.4) is 0 Å². The third-order valence-corrected chi connectivity index (χ3v) is 7.82. The van der Waals surface area contributed by atoms with E-state index in [1.807, 2.05) is 12.1 Å². The van der Waals surface area contributed by atoms with Crippen molar-refractivity contribution in [2.45, 2.75) is 6.92 Å². The summed E-state index contributed by atoms with van der Waals surface area (Å²) in [5.74, 6) is -0.757. The fourth-order valence-corrected chi connectivity index (χ4v) is 5.30. The molecular formula is C34H32N6O3. The standard InChI is InChI=1S/C34H32N6O3/c1-22-28(7-4-14-35-22)33(42)37-26-6-3-5-23(19-26)32(41)24-8-13-29-30(34(43)38-31(29)20-24)21-36-25-9-11-27(12-10-25)40-17-15-39(2)16-18-40/h3-14,19-21,36H,15-18H2,1-2H3,(H,37,42)(H,38,43)/b30-21+. The van der Waals surface area contributed by atoms with Crippen molar-refractivity contribution in [3.8, 4) is 0 Å². The zero-order chi connectivity index (χ0) is 29.9. The minimum Gasteiger partial charge on any atom is -0.369 e. The van der Waals surface area contributed by atoms with Crippen LogP contribution in [0.2, 0.25) is 0 Å². The highest BCUT2D eigenvalue weighted by Crippen LogP contribution is 2.33. The summed E-state index contributed by atoms with van der Waals surface area (Å²) in [5, 5.41) is 8.96. The van der Waals surface area contributed by atoms with Gasteiger partial charge in [-0.15, -0.1) is 0 Å². The number of benzene rings is 3. The second-order valence-electron chi connectivity index (χ2n) is 10.8. The van der Waals surface area contributed by atoms with E-state index in [9.17, 15) is 14.4 Å². The van der Waals surface area contributed by atoms with Crippen molar-refractivity contribution in [3.63, 3.8) is 0 Å². The van der Waals surface area contributed by atoms with Gasteiger partial charge in [-0.05, 0) is 68.6 Å². The van der Waals surface area contributed by atoms with Crippen molar-refractivity contribution in [2.75, 3.05) is 54.1 Å². The molecule has 3 N–H and O–H groups in total. The maximum atomic E-state index is 13.4. The number of nitrogens with one attached hydrogen (secondary N) is 3. The molecule has 9 nitrogen and oxygen atoms in total. The van der Waals surface area contributed by atoms with Crippen molar-refractivity contribution in [3.05, 3.63) is 119 Å². The summed E-state index contributed by atoms with van der Waals surface area (Å²) in [6.07, 6.45) is 3.33. The number of hydrogen-bond donors (Lipinski definition) is 3. The van der Waals surface area contributed by atoms with Crippen molar-refractivity contribution in [1.29, 1.82) is 0 Å². The van der Waals surface area contributed by atoms with Gasteiger partial charge in [-0.2, -0.15) is 0 Å². The first-order valence-electron chi connectivity index (χ1n) is 14.2. The maximum absolute atomic E-state index is 13.4. The largest absolute Gasteiger partial charge is 0.369 e. The topological polar surface area (TPSA) is 107 Å². The molecule has 43 heavy (non-hydrogen) atoms. The number of amides is 2. The lowest BCUT2D eigenvalue weighted by molar-refractivity contribution is -0.110. The van der Waals surface area contributed by atoms with Crippen LogP contribution in [0.1, 0.15) is 37.5 Å². The number of carbonyl (C=O) groups is 3. The Balaban J connectivity index is 1.14. The van der Waals surface area contributed by atoms with E-state index in [-0.39, 0.29) is 17.6 Å². The predicted molar refractivity (Wildman–Crippen MR) is 170 cm³/mol. The van der Waals surface area contributed by atoms with Gasteiger partial charge in [0.25, 0.3) is 11.8 Å². The number of anilines is 4. The quantitative estimate of drug-likeness (QED) is 0.211. The Hall–Kier alpha value is -5.28. The molecule has 6 rings (SSSR count). The van der Waals surface area contributed by atoms with Crippen molar-refractivity contribution < 1.29 is 14.4 Å². The number of fused-ring (bicyclic) bond motifs is 1. The van der Waals surface area contributed by atoms with E-state index in [4.69, 9.17) is 0 Å². The Labute approximate surface area is 250 Å². The van der Waals surface area contributed by atoms with Crippen LogP contribution >= 0.6 is 0 Å². The van der Waals surface area contributed by atoms with Crippen LogP contribution < -0.4 is 20.9 Å². The van der Waals surface area contributed by atoms with E-state index in [1.54, 1.807) is 73.9 Å². The molecule has 3 heterocycles. The number of aromatic nitrogens is 1. The number of ketones is 1. The Bertz CT molecular complexity index is 1740. The molecule has 2 aliphatic rings. The number of likely N-dealkylation sites (N-methyl/N-ethyl adjacent to an activating group) is 1. The summed E-state index contributed by atoms with van der Waals surface area (Å²) in [7, 11) is 2.14. The van der Waals surface area contributed by atoms with Crippen LogP contribution in [0.5, 0.6) is 0 Å². The van der Waals surface area contributed by atoms with Crippen LogP contribution in [0.4, 0.5) is 22.7 Å². The molecule has 0 unspecified atom stereocenters. The Morgan fingerprint density at radius 2 is 1.65 bits per heavy atom. The minimum atomic E-state index is -0.297. The average Bonchev–Trinajstić information content (AvgIpc) is 3.34. The third kappa shape index (κ3) is 6.02. The van der Waals surface area contributed by atoms with Gasteiger partial charge in [-0.1, -0.05) is 24.3 Å². The fraction of sp³-hybridized carbons (Fsp3) is 0.176. The molecule has 9 heteroatoms. The van der Waals surface area contributed by atoms with Crippen LogP contribution in [-0.4, -0.2) is 60.7 Å². The molecule has 2 amide bonds. The number of nitrogens with zero attached hydrogens (tertiary/aromatic N) is 3. The van der Waals surface area contributed by atoms with Crippen LogP contribution in [0.25, 0.3) is 5.57 Å². The summed E-state index contributed by atoms with van der Waals surface area (Å²) >= 11 is 0. The second kappa shape index (κ2) is 11.9. The zero-order valence-corrected chi connectivity index (χ0v) is 24.1. The Morgan fingerprint density at radius 1 is 0.884 bits per heavy atom. The highest BCUT2D eigenvalue weighted by Gasteiger charge is 2.25. The van der Waals surface area contributed by atoms with Gasteiger partial charge >= 0.3 is 0 Å². The van der Waals surface area contributed by atoms with Gasteiger partial charge in [0.15, 0.2) is 5.78 Å². The van der Waals surface area contributed by atoms with Crippen molar-refractivity contribution in [1.82, 2.24) is 9.88 Å². The fourth-order valence-electron chi connectivity index (χ4n) is 5.30. The molecule has 0 saturated carbocycles. The summed E-state index contributed by atoms with van der Waals surface area (Å²) in [4.78, 5) is 47.8. The molecule has 4 aromatic rings. The van der Waals surface area contributed by atoms with E-state index in [0.29, 0.717) is 39.3 Å². The molecule has 3 aromatic carbocycles. The number of piperazine rings is 1.